The number of hydrogen-bond donors (Lipinski definition) is 3. The second-order valence-electron chi connectivity index (χ2n) is 7.66. The third-order valence-electron chi connectivity index (χ3n) is 5.72. The topological polar surface area (TPSA) is 94.2 Å². The molecule has 0 spiro atoms. The monoisotopic (exact) mass is 378 g/mol. The first-order valence-electron chi connectivity index (χ1n) is 9.44. The summed E-state index contributed by atoms with van der Waals surface area (Å²) in [6, 6.07) is 9.44. The Morgan fingerprint density at radius 1 is 1.29 bits per heavy atom. The number of nitrogens with zero attached hydrogens (tertiary/aromatic N) is 2. The lowest BCUT2D eigenvalue weighted by molar-refractivity contribution is 0.0532. The summed E-state index contributed by atoms with van der Waals surface area (Å²) in [5.41, 5.74) is 2.82. The molecule has 7 nitrogen and oxygen atoms in total. The summed E-state index contributed by atoms with van der Waals surface area (Å²) in [4.78, 5) is 24.3. The van der Waals surface area contributed by atoms with Crippen molar-refractivity contribution in [3.63, 3.8) is 0 Å². The van der Waals surface area contributed by atoms with Gasteiger partial charge in [0.05, 0.1) is 22.4 Å². The zero-order valence-corrected chi connectivity index (χ0v) is 15.8. The van der Waals surface area contributed by atoms with Gasteiger partial charge in [-0.2, -0.15) is 0 Å². The van der Waals surface area contributed by atoms with E-state index in [2.05, 4.69) is 15.0 Å². The third-order valence-corrected chi connectivity index (χ3v) is 5.72. The summed E-state index contributed by atoms with van der Waals surface area (Å²) in [7, 11) is 1.96. The van der Waals surface area contributed by atoms with E-state index < -0.39 is 5.60 Å². The van der Waals surface area contributed by atoms with Crippen LogP contribution in [-0.4, -0.2) is 38.7 Å². The molecule has 3 aromatic rings. The maximum atomic E-state index is 12.1. The first-order chi connectivity index (χ1) is 13.5. The molecule has 1 aromatic carbocycles. The predicted octanol–water partition coefficient (Wildman–Crippen LogP) is 2.51. The Morgan fingerprint density at radius 3 is 2.75 bits per heavy atom. The number of aromatic amines is 2. The smallest absolute Gasteiger partial charge is 0.323 e. The summed E-state index contributed by atoms with van der Waals surface area (Å²) in [6.07, 6.45) is 3.52. The molecule has 0 radical (unpaired) electrons. The number of allylic oxidation sites excluding steroid dienone is 1. The van der Waals surface area contributed by atoms with Crippen LogP contribution in [0.25, 0.3) is 16.7 Å². The third kappa shape index (κ3) is 2.46. The Balaban J connectivity index is 1.81. The van der Waals surface area contributed by atoms with E-state index >= 15 is 0 Å². The van der Waals surface area contributed by atoms with Crippen LogP contribution >= 0.6 is 0 Å². The van der Waals surface area contributed by atoms with Crippen molar-refractivity contribution in [3.05, 3.63) is 69.6 Å². The second-order valence-corrected chi connectivity index (χ2v) is 7.66. The van der Waals surface area contributed by atoms with E-state index in [0.29, 0.717) is 29.0 Å². The van der Waals surface area contributed by atoms with E-state index in [1.807, 2.05) is 49.2 Å². The number of hydrogen-bond acceptors (Lipinski definition) is 5. The minimum Gasteiger partial charge on any atom is -0.476 e. The molecule has 1 atom stereocenters. The van der Waals surface area contributed by atoms with E-state index in [0.717, 1.165) is 29.9 Å². The van der Waals surface area contributed by atoms with Crippen LogP contribution in [0, 0.1) is 5.92 Å². The number of pyridine rings is 1. The van der Waals surface area contributed by atoms with Gasteiger partial charge >= 0.3 is 5.69 Å². The van der Waals surface area contributed by atoms with Gasteiger partial charge in [0.1, 0.15) is 11.4 Å². The molecule has 0 amide bonds. The highest BCUT2D eigenvalue weighted by atomic mass is 16.5. The molecule has 3 N–H and O–H groups in total. The molecule has 0 bridgehead atoms. The Hall–Kier alpha value is -3.06. The first-order valence-corrected chi connectivity index (χ1v) is 9.44. The Labute approximate surface area is 161 Å². The number of aliphatic hydroxyl groups is 1. The maximum Gasteiger partial charge on any atom is 0.323 e. The van der Waals surface area contributed by atoms with Crippen LogP contribution in [0.5, 0.6) is 0 Å². The fourth-order valence-electron chi connectivity index (χ4n) is 4.26. The van der Waals surface area contributed by atoms with Crippen LogP contribution in [0.1, 0.15) is 36.6 Å². The normalized spacial score (nSPS) is 19.2. The molecule has 0 saturated heterocycles. The van der Waals surface area contributed by atoms with Gasteiger partial charge in [0.15, 0.2) is 6.73 Å². The fourth-order valence-corrected chi connectivity index (χ4v) is 4.26. The predicted molar refractivity (Wildman–Crippen MR) is 105 cm³/mol. The van der Waals surface area contributed by atoms with Crippen molar-refractivity contribution >= 4 is 16.7 Å². The Morgan fingerprint density at radius 2 is 2.11 bits per heavy atom. The van der Waals surface area contributed by atoms with Crippen molar-refractivity contribution in [2.45, 2.75) is 25.4 Å². The molecule has 1 aliphatic carbocycles. The standard InChI is InChI=1S/C21H22N4O3/c1-12-19(25(2)11-28-12)13-9-15(18-16(10-13)23-20(26)24-18)21(27,14-6-7-14)17-5-3-4-8-22-17/h3-5,8-10,14,27H,6-7,11H2,1-2H3,(H2,23,24,26). The fraction of sp³-hybridized carbons (Fsp3) is 0.333. The Bertz CT molecular complexity index is 1140. The van der Waals surface area contributed by atoms with E-state index in [1.165, 1.54) is 0 Å². The average Bonchev–Trinajstić information content (AvgIpc) is 3.40. The van der Waals surface area contributed by atoms with Crippen molar-refractivity contribution in [1.29, 1.82) is 0 Å². The van der Waals surface area contributed by atoms with E-state index in [1.54, 1.807) is 6.20 Å². The summed E-state index contributed by atoms with van der Waals surface area (Å²) in [6.45, 7) is 2.40. The lowest BCUT2D eigenvalue weighted by Crippen LogP contribution is -2.31. The molecule has 1 aliphatic heterocycles. The van der Waals surface area contributed by atoms with Gasteiger partial charge in [-0.05, 0) is 49.9 Å². The number of benzene rings is 1. The van der Waals surface area contributed by atoms with Gasteiger partial charge in [-0.1, -0.05) is 6.07 Å². The van der Waals surface area contributed by atoms with Gasteiger partial charge in [0.25, 0.3) is 0 Å². The number of nitrogens with one attached hydrogen (secondary N) is 2. The van der Waals surface area contributed by atoms with Crippen molar-refractivity contribution in [2.75, 3.05) is 13.8 Å². The summed E-state index contributed by atoms with van der Waals surface area (Å²) < 4.78 is 5.67. The lowest BCUT2D eigenvalue weighted by Gasteiger charge is -2.29. The molecule has 28 heavy (non-hydrogen) atoms. The number of rotatable bonds is 4. The van der Waals surface area contributed by atoms with Crippen molar-refractivity contribution < 1.29 is 9.84 Å². The SMILES string of the molecule is CC1=C(c2cc(C(O)(c3ccccn3)C3CC3)c3[nH]c(=O)[nH]c3c2)N(C)CO1. The van der Waals surface area contributed by atoms with Crippen molar-refractivity contribution in [3.8, 4) is 0 Å². The highest BCUT2D eigenvalue weighted by Gasteiger charge is 2.49. The number of H-pyrrole nitrogens is 2. The van der Waals surface area contributed by atoms with Crippen LogP contribution in [0.15, 0.2) is 47.1 Å². The lowest BCUT2D eigenvalue weighted by atomic mass is 9.83. The molecule has 1 unspecified atom stereocenters. The number of ether oxygens (including phenoxy) is 1. The largest absolute Gasteiger partial charge is 0.476 e. The molecule has 2 aliphatic rings. The van der Waals surface area contributed by atoms with E-state index in [4.69, 9.17) is 4.74 Å². The van der Waals surface area contributed by atoms with Crippen LogP contribution in [0.2, 0.25) is 0 Å². The van der Waals surface area contributed by atoms with Crippen LogP contribution in [-0.2, 0) is 10.3 Å². The van der Waals surface area contributed by atoms with Gasteiger partial charge in [-0.15, -0.1) is 0 Å². The number of aromatic nitrogens is 3. The zero-order valence-electron chi connectivity index (χ0n) is 15.8. The molecular formula is C21H22N4O3. The molecule has 7 heteroatoms. The van der Waals surface area contributed by atoms with Gasteiger partial charge in [0.2, 0.25) is 0 Å². The van der Waals surface area contributed by atoms with Crippen molar-refractivity contribution in [1.82, 2.24) is 19.9 Å². The molecule has 144 valence electrons. The highest BCUT2D eigenvalue weighted by molar-refractivity contribution is 5.85. The first kappa shape index (κ1) is 17.1. The van der Waals surface area contributed by atoms with E-state index in [-0.39, 0.29) is 11.6 Å². The minimum absolute atomic E-state index is 0.0619. The van der Waals surface area contributed by atoms with E-state index in [9.17, 15) is 9.90 Å². The molecule has 5 rings (SSSR count). The summed E-state index contributed by atoms with van der Waals surface area (Å²) in [5.74, 6) is 0.880. The van der Waals surface area contributed by atoms with Gasteiger partial charge in [-0.3, -0.25) is 4.98 Å². The highest BCUT2D eigenvalue weighted by Crippen LogP contribution is 2.50. The average molecular weight is 378 g/mol. The summed E-state index contributed by atoms with van der Waals surface area (Å²) >= 11 is 0. The molecule has 1 saturated carbocycles. The molecule has 1 fully saturated rings. The molecule has 2 aromatic heterocycles. The van der Waals surface area contributed by atoms with Crippen LogP contribution < -0.4 is 5.69 Å². The Kier molecular flexibility index (Phi) is 3.64. The van der Waals surface area contributed by atoms with Crippen LogP contribution in [0.3, 0.4) is 0 Å². The maximum absolute atomic E-state index is 12.1. The van der Waals surface area contributed by atoms with Gasteiger partial charge in [0, 0.05) is 24.4 Å². The zero-order chi connectivity index (χ0) is 19.5. The quantitative estimate of drug-likeness (QED) is 0.649. The number of fused-ring (bicyclic) bond motifs is 1. The number of imidazole rings is 1. The summed E-state index contributed by atoms with van der Waals surface area (Å²) in [5, 5.41) is 11.9. The van der Waals surface area contributed by atoms with Crippen molar-refractivity contribution in [2.24, 2.45) is 5.92 Å². The van der Waals surface area contributed by atoms with Gasteiger partial charge < -0.3 is 24.7 Å². The minimum atomic E-state index is -1.27. The van der Waals surface area contributed by atoms with Gasteiger partial charge in [-0.25, -0.2) is 4.79 Å². The molecule has 3 heterocycles. The van der Waals surface area contributed by atoms with Crippen LogP contribution in [0.4, 0.5) is 0 Å². The molecular weight excluding hydrogens is 356 g/mol. The second kappa shape index (κ2) is 5.97.